The van der Waals surface area contributed by atoms with Crippen molar-refractivity contribution in [3.8, 4) is 27.9 Å². The van der Waals surface area contributed by atoms with E-state index in [9.17, 15) is 0 Å². The van der Waals surface area contributed by atoms with Crippen LogP contribution in [0.3, 0.4) is 0 Å². The van der Waals surface area contributed by atoms with Crippen molar-refractivity contribution >= 4 is 81.8 Å². The number of pyridine rings is 1. The zero-order valence-electron chi connectivity index (χ0n) is 25.5. The third-order valence-electron chi connectivity index (χ3n) is 9.78. The third-order valence-corrected chi connectivity index (χ3v) is 10.6. The summed E-state index contributed by atoms with van der Waals surface area (Å²) in [5, 5.41) is 11.7. The van der Waals surface area contributed by atoms with Crippen LogP contribution in [-0.4, -0.2) is 18.6 Å². The SMILES string of the molecule is c1cc(-c2ccc3c(c2)c2sncc2n2nccc32)cc(-n2c3ccccc3c3cc(-c4ccc5oc6ccccc6c5c4)ccc32)c1. The molecule has 0 aliphatic heterocycles. The Hall–Kier alpha value is -6.24. The summed E-state index contributed by atoms with van der Waals surface area (Å²) in [6.45, 7) is 0. The minimum atomic E-state index is 0.913. The fraction of sp³-hybridized carbons (Fsp3) is 0. The Balaban J connectivity index is 1.07. The Morgan fingerprint density at radius 2 is 1.19 bits per heavy atom. The maximum absolute atomic E-state index is 6.11. The average Bonchev–Trinajstić information content (AvgIpc) is 3.95. The van der Waals surface area contributed by atoms with Gasteiger partial charge in [-0.3, -0.25) is 0 Å². The van der Waals surface area contributed by atoms with Crippen LogP contribution in [0.2, 0.25) is 0 Å². The molecule has 0 bridgehead atoms. The van der Waals surface area contributed by atoms with Gasteiger partial charge in [-0.1, -0.05) is 72.8 Å². The minimum absolute atomic E-state index is 0.913. The molecule has 0 aliphatic carbocycles. The number of hydrogen-bond acceptors (Lipinski definition) is 4. The van der Waals surface area contributed by atoms with Gasteiger partial charge in [-0.15, -0.1) is 0 Å². The molecule has 11 rings (SSSR count). The van der Waals surface area contributed by atoms with E-state index in [-0.39, 0.29) is 0 Å². The first-order valence-electron chi connectivity index (χ1n) is 16.0. The number of furan rings is 1. The first-order valence-corrected chi connectivity index (χ1v) is 16.8. The summed E-state index contributed by atoms with van der Waals surface area (Å²) in [4.78, 5) is 0. The van der Waals surface area contributed by atoms with Crippen molar-refractivity contribution in [2.45, 2.75) is 0 Å². The van der Waals surface area contributed by atoms with E-state index in [0.29, 0.717) is 0 Å². The smallest absolute Gasteiger partial charge is 0.135 e. The second-order valence-corrected chi connectivity index (χ2v) is 13.2. The number of hydrogen-bond donors (Lipinski definition) is 0. The second kappa shape index (κ2) is 9.64. The zero-order chi connectivity index (χ0) is 31.3. The lowest BCUT2D eigenvalue weighted by atomic mass is 10.0. The Kier molecular flexibility index (Phi) is 5.20. The molecule has 0 unspecified atom stereocenters. The second-order valence-electron chi connectivity index (χ2n) is 12.4. The Morgan fingerprint density at radius 3 is 2.12 bits per heavy atom. The predicted molar refractivity (Wildman–Crippen MR) is 198 cm³/mol. The summed E-state index contributed by atoms with van der Waals surface area (Å²) in [5.41, 5.74) is 12.2. The summed E-state index contributed by atoms with van der Waals surface area (Å²) in [7, 11) is 0. The van der Waals surface area contributed by atoms with Crippen molar-refractivity contribution in [2.24, 2.45) is 0 Å². The number of fused-ring (bicyclic) bond motifs is 12. The zero-order valence-corrected chi connectivity index (χ0v) is 26.3. The van der Waals surface area contributed by atoms with Crippen LogP contribution >= 0.6 is 11.5 Å². The predicted octanol–water partition coefficient (Wildman–Crippen LogP) is 11.4. The van der Waals surface area contributed by atoms with Gasteiger partial charge in [0.1, 0.15) is 16.7 Å². The molecular weight excluding hydrogens is 609 g/mol. The van der Waals surface area contributed by atoms with Crippen LogP contribution in [0.4, 0.5) is 0 Å². The molecule has 0 amide bonds. The van der Waals surface area contributed by atoms with Gasteiger partial charge in [-0.05, 0) is 94.4 Å². The van der Waals surface area contributed by atoms with Gasteiger partial charge in [0.05, 0.1) is 33.6 Å². The lowest BCUT2D eigenvalue weighted by molar-refractivity contribution is 0.669. The van der Waals surface area contributed by atoms with Gasteiger partial charge in [0.25, 0.3) is 0 Å². The molecule has 0 atom stereocenters. The van der Waals surface area contributed by atoms with Crippen molar-refractivity contribution in [1.82, 2.24) is 18.6 Å². The lowest BCUT2D eigenvalue weighted by Crippen LogP contribution is -1.94. The van der Waals surface area contributed by atoms with E-state index in [2.05, 4.69) is 135 Å². The maximum Gasteiger partial charge on any atom is 0.135 e. The third kappa shape index (κ3) is 3.60. The molecule has 5 heterocycles. The van der Waals surface area contributed by atoms with Crippen LogP contribution in [0.25, 0.3) is 98.2 Å². The van der Waals surface area contributed by atoms with Crippen LogP contribution in [0.1, 0.15) is 0 Å². The topological polar surface area (TPSA) is 48.3 Å². The van der Waals surface area contributed by atoms with Gasteiger partial charge >= 0.3 is 0 Å². The number of nitrogens with zero attached hydrogens (tertiary/aromatic N) is 4. The van der Waals surface area contributed by atoms with E-state index in [4.69, 9.17) is 4.42 Å². The quantitative estimate of drug-likeness (QED) is 0.195. The van der Waals surface area contributed by atoms with Crippen molar-refractivity contribution in [3.63, 3.8) is 0 Å². The lowest BCUT2D eigenvalue weighted by Gasteiger charge is -2.12. The largest absolute Gasteiger partial charge is 0.456 e. The molecule has 0 spiro atoms. The van der Waals surface area contributed by atoms with Crippen LogP contribution in [0.5, 0.6) is 0 Å². The van der Waals surface area contributed by atoms with E-state index in [1.54, 1.807) is 0 Å². The first kappa shape index (κ1) is 25.9. The summed E-state index contributed by atoms with van der Waals surface area (Å²) >= 11 is 1.52. The summed E-state index contributed by atoms with van der Waals surface area (Å²) in [5.74, 6) is 0. The number of aromatic nitrogens is 4. The average molecular weight is 633 g/mol. The molecule has 0 N–H and O–H groups in total. The van der Waals surface area contributed by atoms with E-state index in [1.807, 2.05) is 29.0 Å². The van der Waals surface area contributed by atoms with Gasteiger partial charge < -0.3 is 8.98 Å². The Bertz CT molecular complexity index is 3090. The molecule has 11 aromatic rings. The summed E-state index contributed by atoms with van der Waals surface area (Å²) < 4.78 is 16.2. The molecule has 224 valence electrons. The van der Waals surface area contributed by atoms with Crippen LogP contribution in [-0.2, 0) is 0 Å². The number of benzene rings is 6. The fourth-order valence-corrected chi connectivity index (χ4v) is 8.33. The van der Waals surface area contributed by atoms with Crippen LogP contribution in [0.15, 0.2) is 150 Å². The van der Waals surface area contributed by atoms with Crippen molar-refractivity contribution in [1.29, 1.82) is 0 Å². The van der Waals surface area contributed by atoms with Gasteiger partial charge in [-0.2, -0.15) is 9.47 Å². The Labute approximate surface area is 277 Å². The molecule has 0 fully saturated rings. The standard InChI is InChI=1S/C42H24N4OS/c1-3-10-36-30(8-1)33-21-27(28-14-17-41-34(22-28)32-9-2-4-11-40(32)47-41)13-16-37(33)45(36)29-7-5-6-25(20-29)26-12-15-31-35(23-26)42-39(24-44-48-42)46-38(31)18-19-43-46/h1-24H. The van der Waals surface area contributed by atoms with Gasteiger partial charge in [0, 0.05) is 38.0 Å². The number of para-hydroxylation sites is 2. The molecule has 48 heavy (non-hydrogen) atoms. The molecule has 0 saturated carbocycles. The summed E-state index contributed by atoms with van der Waals surface area (Å²) in [6, 6.07) is 48.0. The van der Waals surface area contributed by atoms with Crippen molar-refractivity contribution < 1.29 is 4.42 Å². The van der Waals surface area contributed by atoms with Gasteiger partial charge in [0.15, 0.2) is 0 Å². The van der Waals surface area contributed by atoms with Gasteiger partial charge in [0.2, 0.25) is 0 Å². The maximum atomic E-state index is 6.11. The normalized spacial score (nSPS) is 12.2. The van der Waals surface area contributed by atoms with E-state index in [1.165, 1.54) is 66.4 Å². The highest BCUT2D eigenvalue weighted by atomic mass is 32.1. The molecule has 0 aliphatic rings. The van der Waals surface area contributed by atoms with Crippen molar-refractivity contribution in [2.75, 3.05) is 0 Å². The highest BCUT2D eigenvalue weighted by Crippen LogP contribution is 2.39. The molecular formula is C42H24N4OS. The van der Waals surface area contributed by atoms with E-state index < -0.39 is 0 Å². The van der Waals surface area contributed by atoms with E-state index in [0.717, 1.165) is 43.4 Å². The fourth-order valence-electron chi connectivity index (χ4n) is 7.57. The highest BCUT2D eigenvalue weighted by Gasteiger charge is 2.16. The molecule has 6 aromatic carbocycles. The monoisotopic (exact) mass is 632 g/mol. The first-order chi connectivity index (χ1) is 23.8. The molecule has 6 heteroatoms. The molecule has 5 nitrogen and oxygen atoms in total. The Morgan fingerprint density at radius 1 is 0.479 bits per heavy atom. The van der Waals surface area contributed by atoms with Gasteiger partial charge in [-0.25, -0.2) is 4.52 Å². The van der Waals surface area contributed by atoms with Crippen LogP contribution in [0, 0.1) is 0 Å². The highest BCUT2D eigenvalue weighted by molar-refractivity contribution is 7.14. The minimum Gasteiger partial charge on any atom is -0.456 e. The van der Waals surface area contributed by atoms with Crippen molar-refractivity contribution in [3.05, 3.63) is 146 Å². The molecule has 5 aromatic heterocycles. The van der Waals surface area contributed by atoms with E-state index >= 15 is 0 Å². The van der Waals surface area contributed by atoms with Crippen LogP contribution < -0.4 is 0 Å². The number of rotatable bonds is 3. The molecule has 0 radical (unpaired) electrons. The molecule has 0 saturated heterocycles. The summed E-state index contributed by atoms with van der Waals surface area (Å²) in [6.07, 6.45) is 3.77.